The Balaban J connectivity index is 1.32. The molecule has 1 aliphatic rings. The van der Waals surface area contributed by atoms with Crippen LogP contribution in [0.4, 0.5) is 4.79 Å². The molecule has 3 N–H and O–H groups in total. The summed E-state index contributed by atoms with van der Waals surface area (Å²) in [5, 5.41) is 14.2. The van der Waals surface area contributed by atoms with E-state index < -0.39 is 23.9 Å². The molecule has 174 valence electrons. The maximum absolute atomic E-state index is 12.4. The number of benzene rings is 2. The molecule has 0 radical (unpaired) electrons. The molecule has 34 heavy (non-hydrogen) atoms. The van der Waals surface area contributed by atoms with E-state index in [0.717, 1.165) is 22.3 Å². The number of aliphatic carboxylic acids is 1. The summed E-state index contributed by atoms with van der Waals surface area (Å²) in [7, 11) is 0. The monoisotopic (exact) mass is 459 g/mol. The molecule has 1 aliphatic carbocycles. The van der Waals surface area contributed by atoms with Gasteiger partial charge < -0.3 is 20.5 Å². The molecular weight excluding hydrogens is 434 g/mol. The zero-order chi connectivity index (χ0) is 24.1. The highest BCUT2D eigenvalue weighted by molar-refractivity contribution is 5.94. The molecule has 0 bridgehead atoms. The number of amides is 2. The minimum atomic E-state index is -0.983. The third kappa shape index (κ3) is 5.06. The second kappa shape index (κ2) is 10.2. The number of nitrogens with one attached hydrogen (secondary N) is 2. The first kappa shape index (κ1) is 23.0. The van der Waals surface area contributed by atoms with Crippen LogP contribution in [0.5, 0.6) is 0 Å². The molecule has 1 heterocycles. The van der Waals surface area contributed by atoms with Crippen LogP contribution in [-0.2, 0) is 16.1 Å². The van der Waals surface area contributed by atoms with Crippen LogP contribution in [0.25, 0.3) is 11.1 Å². The van der Waals surface area contributed by atoms with Crippen LogP contribution < -0.4 is 10.6 Å². The Bertz CT molecular complexity index is 1180. The second-order valence-corrected chi connectivity index (χ2v) is 8.16. The van der Waals surface area contributed by atoms with Gasteiger partial charge in [-0.05, 0) is 34.4 Å². The minimum Gasteiger partial charge on any atom is -0.481 e. The van der Waals surface area contributed by atoms with Gasteiger partial charge in [0.1, 0.15) is 6.61 Å². The van der Waals surface area contributed by atoms with E-state index in [0.29, 0.717) is 11.3 Å². The molecule has 1 aromatic heterocycles. The van der Waals surface area contributed by atoms with Crippen LogP contribution in [0.3, 0.4) is 0 Å². The van der Waals surface area contributed by atoms with Gasteiger partial charge in [0.25, 0.3) is 5.91 Å². The minimum absolute atomic E-state index is 0.0177. The number of carbonyl (C=O) groups is 3. The van der Waals surface area contributed by atoms with E-state index in [2.05, 4.69) is 39.9 Å². The second-order valence-electron chi connectivity index (χ2n) is 8.16. The lowest BCUT2D eigenvalue weighted by molar-refractivity contribution is -0.140. The van der Waals surface area contributed by atoms with Crippen molar-refractivity contribution in [3.05, 3.63) is 89.2 Å². The van der Waals surface area contributed by atoms with Gasteiger partial charge in [0.2, 0.25) is 0 Å². The predicted molar refractivity (Wildman–Crippen MR) is 125 cm³/mol. The number of fused-ring (bicyclic) bond motifs is 3. The van der Waals surface area contributed by atoms with Crippen molar-refractivity contribution in [1.29, 1.82) is 0 Å². The van der Waals surface area contributed by atoms with E-state index in [4.69, 9.17) is 9.84 Å². The van der Waals surface area contributed by atoms with Gasteiger partial charge in [0.05, 0.1) is 18.2 Å². The first-order chi connectivity index (χ1) is 16.4. The number of aromatic nitrogens is 1. The van der Waals surface area contributed by atoms with Crippen molar-refractivity contribution in [3.63, 3.8) is 0 Å². The van der Waals surface area contributed by atoms with E-state index in [1.165, 1.54) is 19.2 Å². The van der Waals surface area contributed by atoms with Crippen LogP contribution in [0, 0.1) is 5.92 Å². The highest BCUT2D eigenvalue weighted by Gasteiger charge is 2.29. The smallest absolute Gasteiger partial charge is 0.407 e. The van der Waals surface area contributed by atoms with Gasteiger partial charge in [-0.15, -0.1) is 0 Å². The topological polar surface area (TPSA) is 118 Å². The standard InChI is InChI=1S/C26H25N3O5/c1-16(25(31)32)13-28-24(30)17-10-11-27-18(12-17)14-29-26(33)34-15-23-21-8-4-2-6-19(21)20-7-3-5-9-22(20)23/h2-12,16,23H,13-15H2,1H3,(H,28,30)(H,29,33)(H,31,32). The molecule has 1 atom stereocenters. The first-order valence-electron chi connectivity index (χ1n) is 11.0. The predicted octanol–water partition coefficient (Wildman–Crippen LogP) is 3.57. The van der Waals surface area contributed by atoms with Crippen molar-refractivity contribution in [1.82, 2.24) is 15.6 Å². The summed E-state index contributed by atoms with van der Waals surface area (Å²) in [4.78, 5) is 39.7. The fourth-order valence-corrected chi connectivity index (χ4v) is 3.96. The highest BCUT2D eigenvalue weighted by Crippen LogP contribution is 2.44. The lowest BCUT2D eigenvalue weighted by Crippen LogP contribution is -2.31. The number of hydrogen-bond donors (Lipinski definition) is 3. The fourth-order valence-electron chi connectivity index (χ4n) is 3.96. The number of carboxylic acids is 1. The van der Waals surface area contributed by atoms with E-state index in [-0.39, 0.29) is 25.6 Å². The van der Waals surface area contributed by atoms with Crippen molar-refractivity contribution in [3.8, 4) is 11.1 Å². The average molecular weight is 460 g/mol. The molecule has 2 amide bonds. The van der Waals surface area contributed by atoms with E-state index in [1.807, 2.05) is 24.3 Å². The number of alkyl carbamates (subject to hydrolysis) is 1. The number of pyridine rings is 1. The van der Waals surface area contributed by atoms with Crippen LogP contribution in [-0.4, -0.2) is 41.2 Å². The lowest BCUT2D eigenvalue weighted by Gasteiger charge is -2.14. The summed E-state index contributed by atoms with van der Waals surface area (Å²) < 4.78 is 5.51. The van der Waals surface area contributed by atoms with Gasteiger partial charge in [-0.25, -0.2) is 4.79 Å². The van der Waals surface area contributed by atoms with Crippen LogP contribution in [0.15, 0.2) is 66.9 Å². The number of hydrogen-bond acceptors (Lipinski definition) is 5. The van der Waals surface area contributed by atoms with Crippen molar-refractivity contribution in [2.75, 3.05) is 13.2 Å². The normalized spacial score (nSPS) is 12.9. The van der Waals surface area contributed by atoms with Crippen molar-refractivity contribution in [2.45, 2.75) is 19.4 Å². The van der Waals surface area contributed by atoms with Gasteiger partial charge in [-0.2, -0.15) is 0 Å². The zero-order valence-electron chi connectivity index (χ0n) is 18.7. The quantitative estimate of drug-likeness (QED) is 0.474. The Labute approximate surface area is 197 Å². The van der Waals surface area contributed by atoms with Gasteiger partial charge in [0, 0.05) is 24.2 Å². The van der Waals surface area contributed by atoms with E-state index in [1.54, 1.807) is 6.07 Å². The third-order valence-electron chi connectivity index (χ3n) is 5.83. The average Bonchev–Trinajstić information content (AvgIpc) is 3.18. The molecule has 3 aromatic rings. The molecule has 0 saturated heterocycles. The molecule has 8 heteroatoms. The Kier molecular flexibility index (Phi) is 6.87. The molecule has 0 saturated carbocycles. The highest BCUT2D eigenvalue weighted by atomic mass is 16.5. The van der Waals surface area contributed by atoms with Crippen molar-refractivity contribution < 1.29 is 24.2 Å². The Morgan fingerprint density at radius 1 is 1.00 bits per heavy atom. The number of carboxylic acid groups (broad SMARTS) is 1. The van der Waals surface area contributed by atoms with Crippen molar-refractivity contribution in [2.24, 2.45) is 5.92 Å². The molecule has 2 aromatic carbocycles. The van der Waals surface area contributed by atoms with Gasteiger partial charge in [-0.1, -0.05) is 55.5 Å². The molecule has 8 nitrogen and oxygen atoms in total. The largest absolute Gasteiger partial charge is 0.481 e. The Morgan fingerprint density at radius 3 is 2.29 bits per heavy atom. The SMILES string of the molecule is CC(CNC(=O)c1ccnc(CNC(=O)OCC2c3ccccc3-c3ccccc32)c1)C(=O)O. The Hall–Kier alpha value is -4.20. The van der Waals surface area contributed by atoms with Gasteiger partial charge >= 0.3 is 12.1 Å². The van der Waals surface area contributed by atoms with E-state index in [9.17, 15) is 14.4 Å². The number of ether oxygens (including phenoxy) is 1. The van der Waals surface area contributed by atoms with Crippen LogP contribution >= 0.6 is 0 Å². The third-order valence-corrected chi connectivity index (χ3v) is 5.83. The van der Waals surface area contributed by atoms with Gasteiger partial charge in [0.15, 0.2) is 0 Å². The summed E-state index contributed by atoms with van der Waals surface area (Å²) in [5.74, 6) is -2.11. The molecular formula is C26H25N3O5. The fraction of sp³-hybridized carbons (Fsp3) is 0.231. The summed E-state index contributed by atoms with van der Waals surface area (Å²) in [6.07, 6.45) is 0.887. The molecule has 4 rings (SSSR count). The lowest BCUT2D eigenvalue weighted by atomic mass is 9.98. The summed E-state index contributed by atoms with van der Waals surface area (Å²) in [5.41, 5.74) is 5.39. The Morgan fingerprint density at radius 2 is 1.65 bits per heavy atom. The number of rotatable bonds is 8. The summed E-state index contributed by atoms with van der Waals surface area (Å²) in [6.45, 7) is 1.82. The number of nitrogens with zero attached hydrogens (tertiary/aromatic N) is 1. The molecule has 0 fully saturated rings. The summed E-state index contributed by atoms with van der Waals surface area (Å²) >= 11 is 0. The van der Waals surface area contributed by atoms with Crippen LogP contribution in [0.1, 0.15) is 40.0 Å². The maximum atomic E-state index is 12.4. The zero-order valence-corrected chi connectivity index (χ0v) is 18.7. The first-order valence-corrected chi connectivity index (χ1v) is 11.0. The maximum Gasteiger partial charge on any atom is 0.407 e. The molecule has 0 aliphatic heterocycles. The van der Waals surface area contributed by atoms with E-state index >= 15 is 0 Å². The molecule has 1 unspecified atom stereocenters. The van der Waals surface area contributed by atoms with Crippen LogP contribution in [0.2, 0.25) is 0 Å². The molecule has 0 spiro atoms. The van der Waals surface area contributed by atoms with Gasteiger partial charge in [-0.3, -0.25) is 14.6 Å². The summed E-state index contributed by atoms with van der Waals surface area (Å²) in [6, 6.07) is 19.3. The number of carbonyl (C=O) groups excluding carboxylic acids is 2. The van der Waals surface area contributed by atoms with Crippen molar-refractivity contribution >= 4 is 18.0 Å².